The number of hydrogen-bond acceptors (Lipinski definition) is 4. The van der Waals surface area contributed by atoms with E-state index < -0.39 is 0 Å². The molecule has 0 fully saturated rings. The van der Waals surface area contributed by atoms with Crippen LogP contribution in [0.5, 0.6) is 0 Å². The third-order valence-electron chi connectivity index (χ3n) is 2.93. The Morgan fingerprint density at radius 1 is 1.56 bits per heavy atom. The van der Waals surface area contributed by atoms with Crippen LogP contribution in [0.25, 0.3) is 0 Å². The number of hydrogen-bond donors (Lipinski definition) is 3. The molecule has 0 saturated carbocycles. The summed E-state index contributed by atoms with van der Waals surface area (Å²) in [5.74, 6) is 1.13. The summed E-state index contributed by atoms with van der Waals surface area (Å²) in [6.45, 7) is 3.80. The smallest absolute Gasteiger partial charge is 0.234 e. The van der Waals surface area contributed by atoms with E-state index in [-0.39, 0.29) is 5.91 Å². The van der Waals surface area contributed by atoms with E-state index in [4.69, 9.17) is 5.73 Å². The number of nitrogens with two attached hydrogens (primary N) is 1. The first kappa shape index (κ1) is 13.2. The molecule has 0 aliphatic carbocycles. The van der Waals surface area contributed by atoms with Gasteiger partial charge in [0.15, 0.2) is 0 Å². The van der Waals surface area contributed by atoms with E-state index in [0.717, 1.165) is 35.8 Å². The van der Waals surface area contributed by atoms with E-state index in [1.165, 1.54) is 0 Å². The molecule has 0 spiro atoms. The van der Waals surface area contributed by atoms with Crippen LogP contribution in [0, 0.1) is 5.92 Å². The lowest BCUT2D eigenvalue weighted by molar-refractivity contribution is -0.113. The Labute approximate surface area is 112 Å². The summed E-state index contributed by atoms with van der Waals surface area (Å²) < 4.78 is 0. The van der Waals surface area contributed by atoms with E-state index >= 15 is 0 Å². The zero-order valence-corrected chi connectivity index (χ0v) is 11.3. The average Bonchev–Trinajstić information content (AvgIpc) is 2.36. The molecule has 2 rings (SSSR count). The van der Waals surface area contributed by atoms with Gasteiger partial charge in [-0.15, -0.1) is 11.8 Å². The van der Waals surface area contributed by atoms with Crippen LogP contribution in [-0.2, 0) is 4.79 Å². The van der Waals surface area contributed by atoms with Gasteiger partial charge < -0.3 is 16.4 Å². The van der Waals surface area contributed by atoms with Crippen LogP contribution >= 0.6 is 11.8 Å². The first-order valence-electron chi connectivity index (χ1n) is 6.19. The lowest BCUT2D eigenvalue weighted by Gasteiger charge is -2.18. The van der Waals surface area contributed by atoms with Crippen molar-refractivity contribution in [3.05, 3.63) is 18.2 Å². The van der Waals surface area contributed by atoms with E-state index in [0.29, 0.717) is 11.7 Å². The molecule has 1 aromatic rings. The number of thioether (sulfide) groups is 1. The van der Waals surface area contributed by atoms with Gasteiger partial charge >= 0.3 is 0 Å². The van der Waals surface area contributed by atoms with Crippen molar-refractivity contribution < 1.29 is 4.79 Å². The molecule has 1 heterocycles. The summed E-state index contributed by atoms with van der Waals surface area (Å²) >= 11 is 1.58. The second-order valence-electron chi connectivity index (χ2n) is 4.61. The van der Waals surface area contributed by atoms with Crippen molar-refractivity contribution in [3.63, 3.8) is 0 Å². The van der Waals surface area contributed by atoms with Gasteiger partial charge in [-0.1, -0.05) is 6.92 Å². The second-order valence-corrected chi connectivity index (χ2v) is 5.63. The van der Waals surface area contributed by atoms with E-state index in [9.17, 15) is 4.79 Å². The first-order valence-corrected chi connectivity index (χ1v) is 7.18. The molecule has 18 heavy (non-hydrogen) atoms. The third-order valence-corrected chi connectivity index (χ3v) is 4.00. The highest BCUT2D eigenvalue weighted by Gasteiger charge is 2.15. The molecule has 1 atom stereocenters. The first-order chi connectivity index (χ1) is 8.69. The van der Waals surface area contributed by atoms with Crippen LogP contribution in [-0.4, -0.2) is 24.7 Å². The lowest BCUT2D eigenvalue weighted by Crippen LogP contribution is -2.19. The predicted molar refractivity (Wildman–Crippen MR) is 77.1 cm³/mol. The Balaban J connectivity index is 1.98. The molecule has 5 heteroatoms. The zero-order valence-electron chi connectivity index (χ0n) is 10.5. The second kappa shape index (κ2) is 6.11. The summed E-state index contributed by atoms with van der Waals surface area (Å²) in [5, 5.41) is 6.27. The van der Waals surface area contributed by atoms with Gasteiger partial charge in [0.05, 0.1) is 11.4 Å². The fourth-order valence-electron chi connectivity index (χ4n) is 1.87. The predicted octanol–water partition coefficient (Wildman–Crippen LogP) is 2.13. The number of amides is 1. The number of nitrogens with one attached hydrogen (secondary N) is 2. The van der Waals surface area contributed by atoms with E-state index in [2.05, 4.69) is 29.7 Å². The van der Waals surface area contributed by atoms with Crippen molar-refractivity contribution in [3.8, 4) is 0 Å². The van der Waals surface area contributed by atoms with Crippen molar-refractivity contribution in [2.75, 3.05) is 29.5 Å². The van der Waals surface area contributed by atoms with Gasteiger partial charge in [-0.25, -0.2) is 0 Å². The minimum absolute atomic E-state index is 0.0705. The van der Waals surface area contributed by atoms with Gasteiger partial charge in [0.25, 0.3) is 0 Å². The number of rotatable bonds is 5. The Kier molecular flexibility index (Phi) is 4.49. The van der Waals surface area contributed by atoms with Crippen LogP contribution in [0.2, 0.25) is 0 Å². The Morgan fingerprint density at radius 3 is 3.17 bits per heavy atom. The van der Waals surface area contributed by atoms with Gasteiger partial charge in [-0.3, -0.25) is 4.79 Å². The minimum atomic E-state index is 0.0705. The molecule has 1 amide bonds. The van der Waals surface area contributed by atoms with E-state index in [1.54, 1.807) is 11.8 Å². The van der Waals surface area contributed by atoms with Crippen LogP contribution < -0.4 is 16.4 Å². The number of anilines is 2. The molecule has 4 nitrogen and oxygen atoms in total. The zero-order chi connectivity index (χ0) is 13.0. The van der Waals surface area contributed by atoms with Crippen LogP contribution in [0.1, 0.15) is 13.3 Å². The van der Waals surface area contributed by atoms with Crippen molar-refractivity contribution >= 4 is 29.0 Å². The van der Waals surface area contributed by atoms with Gasteiger partial charge in [0, 0.05) is 17.1 Å². The monoisotopic (exact) mass is 265 g/mol. The Hall–Kier alpha value is -1.20. The van der Waals surface area contributed by atoms with Gasteiger partial charge in [-0.2, -0.15) is 0 Å². The number of benzene rings is 1. The van der Waals surface area contributed by atoms with Crippen molar-refractivity contribution in [2.45, 2.75) is 18.2 Å². The molecular weight excluding hydrogens is 246 g/mol. The average molecular weight is 265 g/mol. The summed E-state index contributed by atoms with van der Waals surface area (Å²) in [4.78, 5) is 12.5. The van der Waals surface area contributed by atoms with Crippen LogP contribution in [0.4, 0.5) is 11.4 Å². The molecule has 0 aromatic heterocycles. The lowest BCUT2D eigenvalue weighted by atomic mass is 10.1. The third kappa shape index (κ3) is 3.40. The molecular formula is C13H19N3OS. The molecule has 1 aromatic carbocycles. The van der Waals surface area contributed by atoms with Gasteiger partial charge in [-0.05, 0) is 37.1 Å². The highest BCUT2D eigenvalue weighted by Crippen LogP contribution is 2.33. The van der Waals surface area contributed by atoms with Crippen LogP contribution in [0.15, 0.2) is 23.1 Å². The largest absolute Gasteiger partial charge is 0.385 e. The molecule has 0 bridgehead atoms. The Bertz CT molecular complexity index is 436. The SMILES string of the molecule is CC(CCN)CNc1ccc2c(c1)NC(=O)CS2. The number of carbonyl (C=O) groups excluding carboxylic acids is 1. The molecule has 1 aliphatic heterocycles. The highest BCUT2D eigenvalue weighted by molar-refractivity contribution is 8.00. The summed E-state index contributed by atoms with van der Waals surface area (Å²) in [5.41, 5.74) is 7.48. The summed E-state index contributed by atoms with van der Waals surface area (Å²) in [7, 11) is 0. The van der Waals surface area contributed by atoms with E-state index in [1.807, 2.05) is 6.07 Å². The molecule has 4 N–H and O–H groups in total. The topological polar surface area (TPSA) is 67.2 Å². The minimum Gasteiger partial charge on any atom is -0.385 e. The van der Waals surface area contributed by atoms with Crippen molar-refractivity contribution in [1.82, 2.24) is 0 Å². The summed E-state index contributed by atoms with van der Waals surface area (Å²) in [6.07, 6.45) is 1.02. The molecule has 0 radical (unpaired) electrons. The maximum atomic E-state index is 11.3. The molecule has 1 aliphatic rings. The quantitative estimate of drug-likeness (QED) is 0.763. The normalized spacial score (nSPS) is 15.8. The van der Waals surface area contributed by atoms with Crippen LogP contribution in [0.3, 0.4) is 0 Å². The van der Waals surface area contributed by atoms with Gasteiger partial charge in [0.2, 0.25) is 5.91 Å². The molecule has 1 unspecified atom stereocenters. The maximum absolute atomic E-state index is 11.3. The van der Waals surface area contributed by atoms with Crippen molar-refractivity contribution in [1.29, 1.82) is 0 Å². The fraction of sp³-hybridized carbons (Fsp3) is 0.462. The summed E-state index contributed by atoms with van der Waals surface area (Å²) in [6, 6.07) is 6.10. The van der Waals surface area contributed by atoms with Crippen molar-refractivity contribution in [2.24, 2.45) is 11.7 Å². The number of carbonyl (C=O) groups is 1. The van der Waals surface area contributed by atoms with Gasteiger partial charge in [0.1, 0.15) is 0 Å². The highest BCUT2D eigenvalue weighted by atomic mass is 32.2. The molecule has 0 saturated heterocycles. The Morgan fingerprint density at radius 2 is 2.39 bits per heavy atom. The maximum Gasteiger partial charge on any atom is 0.234 e. The molecule has 98 valence electrons. The standard InChI is InChI=1S/C13H19N3OS/c1-9(4-5-14)7-15-10-2-3-12-11(6-10)16-13(17)8-18-12/h2-3,6,9,15H,4-5,7-8,14H2,1H3,(H,16,17). The fourth-order valence-corrected chi connectivity index (χ4v) is 2.66. The number of fused-ring (bicyclic) bond motifs is 1.